The molecular formula is C17H20N4O3S. The average molecular weight is 360 g/mol. The molecule has 2 unspecified atom stereocenters. The summed E-state index contributed by atoms with van der Waals surface area (Å²) in [5, 5.41) is 5.89. The van der Waals surface area contributed by atoms with Gasteiger partial charge in [-0.3, -0.25) is 4.79 Å². The van der Waals surface area contributed by atoms with E-state index >= 15 is 0 Å². The molecule has 7 nitrogen and oxygen atoms in total. The maximum atomic E-state index is 12.3. The van der Waals surface area contributed by atoms with Crippen molar-refractivity contribution in [3.8, 4) is 0 Å². The number of rotatable bonds is 5. The van der Waals surface area contributed by atoms with Crippen molar-refractivity contribution in [2.75, 3.05) is 16.8 Å². The lowest BCUT2D eigenvalue weighted by Gasteiger charge is -2.15. The van der Waals surface area contributed by atoms with E-state index in [-0.39, 0.29) is 35.2 Å². The zero-order chi connectivity index (χ0) is 17.9. The van der Waals surface area contributed by atoms with Crippen molar-refractivity contribution in [3.05, 3.63) is 53.9 Å². The molecular weight excluding hydrogens is 340 g/mol. The van der Waals surface area contributed by atoms with Crippen LogP contribution < -0.4 is 10.6 Å². The third-order valence-corrected chi connectivity index (χ3v) is 5.87. The number of aromatic nitrogens is 2. The highest BCUT2D eigenvalue weighted by molar-refractivity contribution is 7.91. The first-order valence-corrected chi connectivity index (χ1v) is 9.91. The Morgan fingerprint density at radius 1 is 1.24 bits per heavy atom. The van der Waals surface area contributed by atoms with Gasteiger partial charge in [-0.05, 0) is 25.0 Å². The summed E-state index contributed by atoms with van der Waals surface area (Å²) in [6.45, 7) is 1.98. The molecule has 0 saturated carbocycles. The first-order valence-electron chi connectivity index (χ1n) is 8.09. The van der Waals surface area contributed by atoms with Crippen molar-refractivity contribution in [1.82, 2.24) is 15.3 Å². The molecule has 0 aliphatic carbocycles. The molecule has 8 heteroatoms. The summed E-state index contributed by atoms with van der Waals surface area (Å²) >= 11 is 0. The molecule has 1 fully saturated rings. The summed E-state index contributed by atoms with van der Waals surface area (Å²) < 4.78 is 23.0. The number of nitrogens with one attached hydrogen (secondary N) is 2. The van der Waals surface area contributed by atoms with Crippen molar-refractivity contribution >= 4 is 21.7 Å². The first kappa shape index (κ1) is 17.3. The number of amides is 1. The quantitative estimate of drug-likeness (QED) is 0.839. The maximum Gasteiger partial charge on any atom is 0.270 e. The Morgan fingerprint density at radius 2 is 2.00 bits per heavy atom. The van der Waals surface area contributed by atoms with E-state index in [0.717, 1.165) is 5.56 Å². The van der Waals surface area contributed by atoms with Crippen LogP contribution in [0.3, 0.4) is 0 Å². The van der Waals surface area contributed by atoms with E-state index in [9.17, 15) is 13.2 Å². The molecule has 2 N–H and O–H groups in total. The topological polar surface area (TPSA) is 101 Å². The van der Waals surface area contributed by atoms with Crippen LogP contribution in [0.2, 0.25) is 0 Å². The maximum absolute atomic E-state index is 12.3. The van der Waals surface area contributed by atoms with Gasteiger partial charge in [0.1, 0.15) is 5.69 Å². The molecule has 25 heavy (non-hydrogen) atoms. The number of hydrogen-bond donors (Lipinski definition) is 2. The lowest BCUT2D eigenvalue weighted by Crippen LogP contribution is -2.36. The Bertz CT molecular complexity index is 855. The van der Waals surface area contributed by atoms with E-state index in [2.05, 4.69) is 20.6 Å². The van der Waals surface area contributed by atoms with Gasteiger partial charge in [0.15, 0.2) is 9.84 Å². The molecule has 2 atom stereocenters. The summed E-state index contributed by atoms with van der Waals surface area (Å²) in [5.41, 5.74) is 1.29. The highest BCUT2D eigenvalue weighted by Crippen LogP contribution is 2.16. The SMILES string of the molecule is CC(Nc1nccc(C(=O)NC2CCS(=O)(=O)C2)n1)c1ccccc1. The zero-order valence-corrected chi connectivity index (χ0v) is 14.7. The highest BCUT2D eigenvalue weighted by Gasteiger charge is 2.29. The van der Waals surface area contributed by atoms with Crippen molar-refractivity contribution in [2.45, 2.75) is 25.4 Å². The van der Waals surface area contributed by atoms with Crippen LogP contribution in [0.5, 0.6) is 0 Å². The first-order chi connectivity index (χ1) is 11.9. The Morgan fingerprint density at radius 3 is 2.68 bits per heavy atom. The monoisotopic (exact) mass is 360 g/mol. The molecule has 0 bridgehead atoms. The van der Waals surface area contributed by atoms with Gasteiger partial charge in [0, 0.05) is 12.2 Å². The summed E-state index contributed by atoms with van der Waals surface area (Å²) in [7, 11) is -3.04. The van der Waals surface area contributed by atoms with E-state index in [1.54, 1.807) is 0 Å². The highest BCUT2D eigenvalue weighted by atomic mass is 32.2. The molecule has 132 valence electrons. The molecule has 1 aliphatic heterocycles. The van der Waals surface area contributed by atoms with Crippen LogP contribution in [0.1, 0.15) is 35.4 Å². The molecule has 1 saturated heterocycles. The van der Waals surface area contributed by atoms with Gasteiger partial charge >= 0.3 is 0 Å². The minimum absolute atomic E-state index is 0.0139. The predicted molar refractivity (Wildman–Crippen MR) is 95.0 cm³/mol. The van der Waals surface area contributed by atoms with Gasteiger partial charge in [0.25, 0.3) is 5.91 Å². The predicted octanol–water partition coefficient (Wildman–Crippen LogP) is 1.57. The van der Waals surface area contributed by atoms with Crippen LogP contribution in [0.25, 0.3) is 0 Å². The van der Waals surface area contributed by atoms with Crippen LogP contribution in [-0.4, -0.2) is 41.8 Å². The molecule has 1 aliphatic rings. The molecule has 0 spiro atoms. The summed E-state index contributed by atoms with van der Waals surface area (Å²) in [5.74, 6) is 0.0614. The van der Waals surface area contributed by atoms with Crippen LogP contribution in [0, 0.1) is 0 Å². The van der Waals surface area contributed by atoms with E-state index in [1.807, 2.05) is 37.3 Å². The van der Waals surface area contributed by atoms with Crippen molar-refractivity contribution in [1.29, 1.82) is 0 Å². The molecule has 1 aromatic carbocycles. The molecule has 0 radical (unpaired) electrons. The molecule has 3 rings (SSSR count). The second kappa shape index (κ2) is 7.18. The lowest BCUT2D eigenvalue weighted by molar-refractivity contribution is 0.0936. The van der Waals surface area contributed by atoms with Gasteiger partial charge in [-0.25, -0.2) is 18.4 Å². The third-order valence-electron chi connectivity index (χ3n) is 4.10. The number of anilines is 1. The molecule has 2 heterocycles. The number of sulfone groups is 1. The Labute approximate surface area is 146 Å². The van der Waals surface area contributed by atoms with Crippen LogP contribution >= 0.6 is 0 Å². The molecule has 2 aromatic rings. The second-order valence-corrected chi connectivity index (χ2v) is 8.34. The van der Waals surface area contributed by atoms with Gasteiger partial charge in [0.05, 0.1) is 17.5 Å². The van der Waals surface area contributed by atoms with Gasteiger partial charge < -0.3 is 10.6 Å². The number of carbonyl (C=O) groups is 1. The number of nitrogens with zero attached hydrogens (tertiary/aromatic N) is 2. The van der Waals surface area contributed by atoms with Crippen molar-refractivity contribution < 1.29 is 13.2 Å². The lowest BCUT2D eigenvalue weighted by atomic mass is 10.1. The number of carbonyl (C=O) groups excluding carboxylic acids is 1. The van der Waals surface area contributed by atoms with E-state index < -0.39 is 9.84 Å². The fourth-order valence-corrected chi connectivity index (χ4v) is 4.41. The second-order valence-electron chi connectivity index (χ2n) is 6.12. The normalized spacial score (nSPS) is 20.0. The van der Waals surface area contributed by atoms with Crippen molar-refractivity contribution in [2.24, 2.45) is 0 Å². The number of benzene rings is 1. The fraction of sp³-hybridized carbons (Fsp3) is 0.353. The van der Waals surface area contributed by atoms with E-state index in [1.165, 1.54) is 12.3 Å². The largest absolute Gasteiger partial charge is 0.348 e. The van der Waals surface area contributed by atoms with E-state index in [4.69, 9.17) is 0 Å². The van der Waals surface area contributed by atoms with Crippen LogP contribution in [0.4, 0.5) is 5.95 Å². The third kappa shape index (κ3) is 4.54. The summed E-state index contributed by atoms with van der Waals surface area (Å²) in [6, 6.07) is 11.0. The van der Waals surface area contributed by atoms with Gasteiger partial charge in [-0.2, -0.15) is 0 Å². The van der Waals surface area contributed by atoms with Gasteiger partial charge in [0.2, 0.25) is 5.95 Å². The zero-order valence-electron chi connectivity index (χ0n) is 13.8. The molecule has 1 aromatic heterocycles. The minimum Gasteiger partial charge on any atom is -0.348 e. The summed E-state index contributed by atoms with van der Waals surface area (Å²) in [4.78, 5) is 20.7. The average Bonchev–Trinajstić information content (AvgIpc) is 2.94. The smallest absolute Gasteiger partial charge is 0.270 e. The minimum atomic E-state index is -3.04. The van der Waals surface area contributed by atoms with Gasteiger partial charge in [-0.1, -0.05) is 30.3 Å². The van der Waals surface area contributed by atoms with Gasteiger partial charge in [-0.15, -0.1) is 0 Å². The van der Waals surface area contributed by atoms with Crippen LogP contribution in [-0.2, 0) is 9.84 Å². The fourth-order valence-electron chi connectivity index (χ4n) is 2.74. The Hall–Kier alpha value is -2.48. The van der Waals surface area contributed by atoms with E-state index in [0.29, 0.717) is 12.4 Å². The molecule has 1 amide bonds. The standard InChI is InChI=1S/C17H20N4O3S/c1-12(13-5-3-2-4-6-13)19-17-18-9-7-15(21-17)16(22)20-14-8-10-25(23,24)11-14/h2-7,9,12,14H,8,10-11H2,1H3,(H,20,22)(H,18,19,21). The van der Waals surface area contributed by atoms with Crippen molar-refractivity contribution in [3.63, 3.8) is 0 Å². The Kier molecular flexibility index (Phi) is 4.98. The summed E-state index contributed by atoms with van der Waals surface area (Å²) in [6.07, 6.45) is 1.95. The Balaban J connectivity index is 1.66. The van der Waals surface area contributed by atoms with Crippen LogP contribution in [0.15, 0.2) is 42.6 Å². The number of hydrogen-bond acceptors (Lipinski definition) is 6.